The van der Waals surface area contributed by atoms with Crippen LogP contribution in [0.15, 0.2) is 102 Å². The third-order valence-electron chi connectivity index (χ3n) is 5.97. The number of benzene rings is 4. The van der Waals surface area contributed by atoms with E-state index in [-0.39, 0.29) is 16.8 Å². The molecule has 4 aromatic carbocycles. The van der Waals surface area contributed by atoms with Crippen LogP contribution in [0.3, 0.4) is 0 Å². The molecule has 0 aliphatic carbocycles. The molecule has 0 saturated carbocycles. The smallest absolute Gasteiger partial charge is 0.261 e. The Balaban J connectivity index is 1.63. The number of nitrogens with one attached hydrogen (secondary N) is 2. The van der Waals surface area contributed by atoms with E-state index < -0.39 is 10.0 Å². The predicted molar refractivity (Wildman–Crippen MR) is 140 cm³/mol. The first-order valence-electron chi connectivity index (χ1n) is 11.4. The van der Waals surface area contributed by atoms with E-state index in [1.54, 1.807) is 49.4 Å². The van der Waals surface area contributed by atoms with Crippen LogP contribution in [0, 0.1) is 20.8 Å². The maximum Gasteiger partial charge on any atom is 0.261 e. The number of anilines is 1. The van der Waals surface area contributed by atoms with E-state index in [1.807, 2.05) is 68.4 Å². The molecule has 1 unspecified atom stereocenters. The van der Waals surface area contributed by atoms with Crippen LogP contribution in [0.1, 0.15) is 44.2 Å². The molecule has 0 aromatic heterocycles. The largest absolute Gasteiger partial charge is 0.341 e. The molecule has 5 nitrogen and oxygen atoms in total. The Morgan fingerprint density at radius 1 is 0.686 bits per heavy atom. The maximum absolute atomic E-state index is 13.4. The van der Waals surface area contributed by atoms with Gasteiger partial charge in [0.1, 0.15) is 0 Å². The summed E-state index contributed by atoms with van der Waals surface area (Å²) in [5.74, 6) is -0.284. The molecular formula is C29H28N2O3S. The summed E-state index contributed by atoms with van der Waals surface area (Å²) in [6.07, 6.45) is 0. The molecule has 0 spiro atoms. The van der Waals surface area contributed by atoms with Crippen molar-refractivity contribution >= 4 is 21.6 Å². The zero-order valence-electron chi connectivity index (χ0n) is 19.9. The Hall–Kier alpha value is -3.90. The van der Waals surface area contributed by atoms with Crippen LogP contribution in [0.5, 0.6) is 0 Å². The van der Waals surface area contributed by atoms with Gasteiger partial charge in [0, 0.05) is 5.56 Å². The number of carbonyl (C=O) groups excluding carboxylic acids is 1. The molecular weight excluding hydrogens is 456 g/mol. The second-order valence-electron chi connectivity index (χ2n) is 8.62. The first-order valence-corrected chi connectivity index (χ1v) is 12.8. The van der Waals surface area contributed by atoms with Gasteiger partial charge in [-0.25, -0.2) is 8.42 Å². The standard InChI is InChI=1S/C29H28N2O3S/c1-20-12-16-24(17-13-20)28(23-8-5-4-6-9-23)30-29(32)26-10-7-11-27(22(26)3)31-35(33,34)25-18-14-21(2)15-19-25/h4-19,28,31H,1-3H3,(H,30,32). The van der Waals surface area contributed by atoms with Crippen LogP contribution in [0.4, 0.5) is 5.69 Å². The number of rotatable bonds is 7. The fourth-order valence-electron chi connectivity index (χ4n) is 3.89. The normalized spacial score (nSPS) is 12.1. The van der Waals surface area contributed by atoms with Crippen molar-refractivity contribution in [2.24, 2.45) is 0 Å². The monoisotopic (exact) mass is 484 g/mol. The summed E-state index contributed by atoms with van der Waals surface area (Å²) in [5, 5.41) is 3.14. The number of hydrogen-bond acceptors (Lipinski definition) is 3. The van der Waals surface area contributed by atoms with Crippen LogP contribution in [0.25, 0.3) is 0 Å². The summed E-state index contributed by atoms with van der Waals surface area (Å²) in [6.45, 7) is 5.66. The molecule has 0 aliphatic heterocycles. The minimum absolute atomic E-state index is 0.167. The summed E-state index contributed by atoms with van der Waals surface area (Å²) in [7, 11) is -3.79. The van der Waals surface area contributed by atoms with Crippen LogP contribution >= 0.6 is 0 Å². The topological polar surface area (TPSA) is 75.3 Å². The van der Waals surface area contributed by atoms with Crippen molar-refractivity contribution in [2.75, 3.05) is 4.72 Å². The van der Waals surface area contributed by atoms with Gasteiger partial charge < -0.3 is 5.32 Å². The minimum Gasteiger partial charge on any atom is -0.341 e. The average molecular weight is 485 g/mol. The Labute approximate surface area is 206 Å². The van der Waals surface area contributed by atoms with Crippen molar-refractivity contribution in [2.45, 2.75) is 31.7 Å². The predicted octanol–water partition coefficient (Wildman–Crippen LogP) is 5.93. The zero-order chi connectivity index (χ0) is 25.0. The molecule has 4 aromatic rings. The van der Waals surface area contributed by atoms with Crippen molar-refractivity contribution in [3.63, 3.8) is 0 Å². The van der Waals surface area contributed by atoms with Gasteiger partial charge in [0.15, 0.2) is 0 Å². The van der Waals surface area contributed by atoms with Gasteiger partial charge in [0.05, 0.1) is 16.6 Å². The van der Waals surface area contributed by atoms with Gasteiger partial charge in [0.2, 0.25) is 0 Å². The van der Waals surface area contributed by atoms with Gasteiger partial charge in [-0.1, -0.05) is 83.9 Å². The first kappa shape index (κ1) is 24.2. The zero-order valence-corrected chi connectivity index (χ0v) is 20.8. The second kappa shape index (κ2) is 10.2. The van der Waals surface area contributed by atoms with Crippen molar-refractivity contribution in [1.29, 1.82) is 0 Å². The Morgan fingerprint density at radius 2 is 1.26 bits per heavy atom. The van der Waals surface area contributed by atoms with Gasteiger partial charge in [0.25, 0.3) is 15.9 Å². The molecule has 4 rings (SSSR count). The Morgan fingerprint density at radius 3 is 1.89 bits per heavy atom. The van der Waals surface area contributed by atoms with Crippen LogP contribution in [0.2, 0.25) is 0 Å². The number of carbonyl (C=O) groups is 1. The van der Waals surface area contributed by atoms with Gasteiger partial charge >= 0.3 is 0 Å². The fourth-order valence-corrected chi connectivity index (χ4v) is 5.01. The molecule has 0 radical (unpaired) electrons. The number of hydrogen-bond donors (Lipinski definition) is 2. The molecule has 35 heavy (non-hydrogen) atoms. The lowest BCUT2D eigenvalue weighted by molar-refractivity contribution is 0.0942. The molecule has 0 saturated heterocycles. The van der Waals surface area contributed by atoms with Crippen LogP contribution < -0.4 is 10.0 Å². The summed E-state index contributed by atoms with van der Waals surface area (Å²) >= 11 is 0. The van der Waals surface area contributed by atoms with Crippen LogP contribution in [-0.4, -0.2) is 14.3 Å². The molecule has 2 N–H and O–H groups in total. The van der Waals surface area contributed by atoms with Gasteiger partial charge in [-0.15, -0.1) is 0 Å². The van der Waals surface area contributed by atoms with E-state index in [4.69, 9.17) is 0 Å². The molecule has 0 fully saturated rings. The number of amides is 1. The van der Waals surface area contributed by atoms with Crippen LogP contribution in [-0.2, 0) is 10.0 Å². The maximum atomic E-state index is 13.4. The first-order chi connectivity index (χ1) is 16.7. The van der Waals surface area contributed by atoms with Crippen molar-refractivity contribution < 1.29 is 13.2 Å². The summed E-state index contributed by atoms with van der Waals surface area (Å²) < 4.78 is 28.5. The Bertz CT molecular complexity index is 1430. The number of sulfonamides is 1. The summed E-state index contributed by atoms with van der Waals surface area (Å²) in [5.41, 5.74) is 5.35. The van der Waals surface area contributed by atoms with E-state index in [2.05, 4.69) is 10.0 Å². The second-order valence-corrected chi connectivity index (χ2v) is 10.3. The molecule has 6 heteroatoms. The average Bonchev–Trinajstić information content (AvgIpc) is 2.85. The van der Waals surface area contributed by atoms with Crippen molar-refractivity contribution in [3.8, 4) is 0 Å². The molecule has 1 amide bonds. The summed E-state index contributed by atoms with van der Waals surface area (Å²) in [4.78, 5) is 13.6. The van der Waals surface area contributed by atoms with Gasteiger partial charge in [-0.3, -0.25) is 9.52 Å². The lowest BCUT2D eigenvalue weighted by atomic mass is 9.97. The van der Waals surface area contributed by atoms with E-state index in [1.165, 1.54) is 0 Å². The van der Waals surface area contributed by atoms with E-state index in [9.17, 15) is 13.2 Å². The third kappa shape index (κ3) is 5.61. The van der Waals surface area contributed by atoms with E-state index in [0.717, 1.165) is 22.3 Å². The van der Waals surface area contributed by atoms with Crippen molar-refractivity contribution in [1.82, 2.24) is 5.32 Å². The highest BCUT2D eigenvalue weighted by Crippen LogP contribution is 2.26. The van der Waals surface area contributed by atoms with E-state index in [0.29, 0.717) is 16.8 Å². The van der Waals surface area contributed by atoms with E-state index >= 15 is 0 Å². The Kier molecular flexibility index (Phi) is 7.03. The highest BCUT2D eigenvalue weighted by Gasteiger charge is 2.21. The minimum atomic E-state index is -3.79. The number of aryl methyl sites for hydroxylation is 2. The highest BCUT2D eigenvalue weighted by atomic mass is 32.2. The van der Waals surface area contributed by atoms with Crippen molar-refractivity contribution in [3.05, 3.63) is 130 Å². The third-order valence-corrected chi connectivity index (χ3v) is 7.35. The molecule has 0 heterocycles. The molecule has 1 atom stereocenters. The lowest BCUT2D eigenvalue weighted by Crippen LogP contribution is -2.30. The molecule has 0 aliphatic rings. The molecule has 178 valence electrons. The fraction of sp³-hybridized carbons (Fsp3) is 0.138. The lowest BCUT2D eigenvalue weighted by Gasteiger charge is -2.21. The van der Waals surface area contributed by atoms with Gasteiger partial charge in [-0.2, -0.15) is 0 Å². The highest BCUT2D eigenvalue weighted by molar-refractivity contribution is 7.92. The SMILES string of the molecule is Cc1ccc(C(NC(=O)c2cccc(NS(=O)(=O)c3ccc(C)cc3)c2C)c2ccccc2)cc1. The quantitative estimate of drug-likeness (QED) is 0.341. The van der Waals surface area contributed by atoms with Gasteiger partial charge in [-0.05, 0) is 61.7 Å². The summed E-state index contributed by atoms with van der Waals surface area (Å²) in [6, 6.07) is 29.1. The molecule has 0 bridgehead atoms.